The molecule has 0 atom stereocenters. The van der Waals surface area contributed by atoms with Crippen LogP contribution in [-0.4, -0.2) is 48.6 Å². The quantitative estimate of drug-likeness (QED) is 0.920. The van der Waals surface area contributed by atoms with Gasteiger partial charge >= 0.3 is 0 Å². The molecule has 1 aromatic heterocycles. The number of fused-ring (bicyclic) bond motifs is 1. The van der Waals surface area contributed by atoms with Gasteiger partial charge < -0.3 is 15.1 Å². The number of benzene rings is 1. The van der Waals surface area contributed by atoms with Gasteiger partial charge in [-0.1, -0.05) is 18.2 Å². The highest BCUT2D eigenvalue weighted by Crippen LogP contribution is 2.32. The number of anilines is 3. The predicted octanol–water partition coefficient (Wildman–Crippen LogP) is 2.84. The van der Waals surface area contributed by atoms with Gasteiger partial charge in [-0.2, -0.15) is 4.98 Å². The van der Waals surface area contributed by atoms with Crippen LogP contribution >= 0.6 is 0 Å². The largest absolute Gasteiger partial charge is 0.353 e. The van der Waals surface area contributed by atoms with Gasteiger partial charge in [0.15, 0.2) is 0 Å². The number of hydrogen-bond donors (Lipinski definition) is 1. The Kier molecular flexibility index (Phi) is 4.76. The molecule has 2 heterocycles. The Morgan fingerprint density at radius 1 is 1.22 bits per heavy atom. The van der Waals surface area contributed by atoms with Crippen molar-refractivity contribution in [2.24, 2.45) is 0 Å². The molecule has 5 nitrogen and oxygen atoms in total. The number of likely N-dealkylation sites (N-methyl/N-ethyl adjacent to an activating group) is 1. The summed E-state index contributed by atoms with van der Waals surface area (Å²) >= 11 is 0. The molecule has 0 saturated carbocycles. The lowest BCUT2D eigenvalue weighted by molar-refractivity contribution is 0.425. The summed E-state index contributed by atoms with van der Waals surface area (Å²) in [6, 6.07) is 10.7. The second kappa shape index (κ2) is 6.96. The van der Waals surface area contributed by atoms with Crippen LogP contribution in [0.15, 0.2) is 30.3 Å². The van der Waals surface area contributed by atoms with Crippen LogP contribution < -0.4 is 10.2 Å². The number of aryl methyl sites for hydroxylation is 2. The third-order valence-electron chi connectivity index (χ3n) is 4.07. The molecule has 0 radical (unpaired) electrons. The van der Waals surface area contributed by atoms with E-state index in [1.165, 1.54) is 11.3 Å². The zero-order chi connectivity index (χ0) is 16.2. The topological polar surface area (TPSA) is 44.3 Å². The fourth-order valence-corrected chi connectivity index (χ4v) is 2.93. The lowest BCUT2D eigenvalue weighted by Gasteiger charge is -2.30. The third-order valence-corrected chi connectivity index (χ3v) is 4.07. The molecule has 0 saturated heterocycles. The van der Waals surface area contributed by atoms with E-state index in [0.717, 1.165) is 44.0 Å². The van der Waals surface area contributed by atoms with E-state index in [-0.39, 0.29) is 0 Å². The van der Waals surface area contributed by atoms with Crippen LogP contribution in [0.3, 0.4) is 0 Å². The van der Waals surface area contributed by atoms with E-state index < -0.39 is 0 Å². The molecule has 1 aliphatic heterocycles. The second-order valence-corrected chi connectivity index (χ2v) is 6.31. The monoisotopic (exact) mass is 311 g/mol. The van der Waals surface area contributed by atoms with E-state index in [0.29, 0.717) is 5.95 Å². The van der Waals surface area contributed by atoms with Crippen molar-refractivity contribution < 1.29 is 0 Å². The van der Waals surface area contributed by atoms with Crippen molar-refractivity contribution in [2.45, 2.75) is 19.8 Å². The van der Waals surface area contributed by atoms with E-state index in [1.54, 1.807) is 0 Å². The molecule has 0 aliphatic carbocycles. The van der Waals surface area contributed by atoms with Crippen LogP contribution in [0.25, 0.3) is 0 Å². The van der Waals surface area contributed by atoms with E-state index >= 15 is 0 Å². The summed E-state index contributed by atoms with van der Waals surface area (Å²) in [4.78, 5) is 13.7. The minimum Gasteiger partial charge on any atom is -0.353 e. The molecule has 0 bridgehead atoms. The van der Waals surface area contributed by atoms with Crippen LogP contribution in [-0.2, 0) is 6.42 Å². The number of nitrogens with zero attached hydrogens (tertiary/aromatic N) is 4. The Balaban J connectivity index is 1.84. The maximum absolute atomic E-state index is 4.74. The molecule has 23 heavy (non-hydrogen) atoms. The fraction of sp³-hybridized carbons (Fsp3) is 0.444. The number of para-hydroxylation sites is 1. The minimum absolute atomic E-state index is 0.713. The van der Waals surface area contributed by atoms with Crippen molar-refractivity contribution in [3.05, 3.63) is 41.6 Å². The lowest BCUT2D eigenvalue weighted by Crippen LogP contribution is -2.26. The van der Waals surface area contributed by atoms with E-state index in [1.807, 2.05) is 6.92 Å². The van der Waals surface area contributed by atoms with Crippen LogP contribution in [0.1, 0.15) is 17.7 Å². The van der Waals surface area contributed by atoms with Gasteiger partial charge in [0.25, 0.3) is 0 Å². The van der Waals surface area contributed by atoms with Crippen LogP contribution in [0.5, 0.6) is 0 Å². The smallest absolute Gasteiger partial charge is 0.224 e. The van der Waals surface area contributed by atoms with Crippen LogP contribution in [0.2, 0.25) is 0 Å². The number of hydrogen-bond acceptors (Lipinski definition) is 5. The van der Waals surface area contributed by atoms with Crippen molar-refractivity contribution >= 4 is 17.5 Å². The zero-order valence-corrected chi connectivity index (χ0v) is 14.2. The van der Waals surface area contributed by atoms with Gasteiger partial charge in [-0.3, -0.25) is 0 Å². The molecule has 1 aliphatic rings. The summed E-state index contributed by atoms with van der Waals surface area (Å²) in [7, 11) is 4.13. The molecule has 3 rings (SSSR count). The van der Waals surface area contributed by atoms with Gasteiger partial charge in [0.05, 0.1) is 0 Å². The van der Waals surface area contributed by atoms with Crippen molar-refractivity contribution in [2.75, 3.05) is 43.9 Å². The third kappa shape index (κ3) is 3.79. The van der Waals surface area contributed by atoms with Gasteiger partial charge in [-0.25, -0.2) is 4.98 Å². The molecule has 2 aromatic rings. The second-order valence-electron chi connectivity index (χ2n) is 6.31. The molecule has 1 N–H and O–H groups in total. The fourth-order valence-electron chi connectivity index (χ4n) is 2.93. The molecular weight excluding hydrogens is 286 g/mol. The SMILES string of the molecule is Cc1cc(N2CCCc3ccccc32)nc(NCCN(C)C)n1. The standard InChI is InChI=1S/C18H25N5/c1-14-13-17(21-18(20-14)19-10-12-22(2)3)23-11-6-8-15-7-4-5-9-16(15)23/h4-5,7,9,13H,6,8,10-12H2,1-3H3,(H,19,20,21). The Hall–Kier alpha value is -2.14. The molecule has 0 unspecified atom stereocenters. The number of aromatic nitrogens is 2. The Bertz CT molecular complexity index is 668. The van der Waals surface area contributed by atoms with Gasteiger partial charge in [0, 0.05) is 37.1 Å². The van der Waals surface area contributed by atoms with Crippen LogP contribution in [0.4, 0.5) is 17.5 Å². The van der Waals surface area contributed by atoms with E-state index in [4.69, 9.17) is 4.98 Å². The predicted molar refractivity (Wildman–Crippen MR) is 95.6 cm³/mol. The average molecular weight is 311 g/mol. The van der Waals surface area contributed by atoms with Gasteiger partial charge in [-0.05, 0) is 45.5 Å². The summed E-state index contributed by atoms with van der Waals surface area (Å²) in [5, 5.41) is 3.33. The maximum atomic E-state index is 4.74. The first-order valence-electron chi connectivity index (χ1n) is 8.23. The first-order chi connectivity index (χ1) is 11.1. The average Bonchev–Trinajstić information content (AvgIpc) is 2.53. The van der Waals surface area contributed by atoms with Gasteiger partial charge in [0.2, 0.25) is 5.95 Å². The maximum Gasteiger partial charge on any atom is 0.224 e. The lowest BCUT2D eigenvalue weighted by atomic mass is 10.0. The summed E-state index contributed by atoms with van der Waals surface area (Å²) in [5.41, 5.74) is 3.67. The molecule has 1 aromatic carbocycles. The Labute approximate surface area is 138 Å². The highest BCUT2D eigenvalue weighted by atomic mass is 15.2. The van der Waals surface area contributed by atoms with Gasteiger partial charge in [0.1, 0.15) is 5.82 Å². The normalized spacial score (nSPS) is 14.0. The highest BCUT2D eigenvalue weighted by Gasteiger charge is 2.19. The van der Waals surface area contributed by atoms with Crippen molar-refractivity contribution in [3.8, 4) is 0 Å². The van der Waals surface area contributed by atoms with Crippen molar-refractivity contribution in [1.82, 2.24) is 14.9 Å². The molecule has 0 spiro atoms. The molecule has 122 valence electrons. The zero-order valence-electron chi connectivity index (χ0n) is 14.2. The Morgan fingerprint density at radius 3 is 2.87 bits per heavy atom. The van der Waals surface area contributed by atoms with Crippen molar-refractivity contribution in [1.29, 1.82) is 0 Å². The first-order valence-corrected chi connectivity index (χ1v) is 8.23. The molecule has 5 heteroatoms. The summed E-state index contributed by atoms with van der Waals surface area (Å²) in [5.74, 6) is 1.70. The van der Waals surface area contributed by atoms with Crippen molar-refractivity contribution in [3.63, 3.8) is 0 Å². The minimum atomic E-state index is 0.713. The first kappa shape index (κ1) is 15.7. The van der Waals surface area contributed by atoms with Crippen LogP contribution in [0, 0.1) is 6.92 Å². The summed E-state index contributed by atoms with van der Waals surface area (Å²) < 4.78 is 0. The molecule has 0 amide bonds. The van der Waals surface area contributed by atoms with E-state index in [9.17, 15) is 0 Å². The van der Waals surface area contributed by atoms with E-state index in [2.05, 4.69) is 64.5 Å². The summed E-state index contributed by atoms with van der Waals surface area (Å²) in [6.07, 6.45) is 2.30. The number of rotatable bonds is 5. The summed E-state index contributed by atoms with van der Waals surface area (Å²) in [6.45, 7) is 4.83. The molecule has 0 fully saturated rings. The van der Waals surface area contributed by atoms with Gasteiger partial charge in [-0.15, -0.1) is 0 Å². The molecular formula is C18H25N5. The number of nitrogens with one attached hydrogen (secondary N) is 1. The Morgan fingerprint density at radius 2 is 2.04 bits per heavy atom. The highest BCUT2D eigenvalue weighted by molar-refractivity contribution is 5.66.